The molecule has 0 spiro atoms. The summed E-state index contributed by atoms with van der Waals surface area (Å²) in [5.74, 6) is -2.02. The van der Waals surface area contributed by atoms with Crippen molar-refractivity contribution in [2.75, 3.05) is 11.9 Å². The van der Waals surface area contributed by atoms with Crippen molar-refractivity contribution in [2.24, 2.45) is 7.05 Å². The van der Waals surface area contributed by atoms with E-state index in [1.165, 1.54) is 18.3 Å². The first kappa shape index (κ1) is 25.8. The number of aromatic nitrogens is 4. The minimum Gasteiger partial charge on any atom is -0.394 e. The van der Waals surface area contributed by atoms with E-state index in [0.29, 0.717) is 11.2 Å². The molecule has 0 saturated carbocycles. The number of rotatable bonds is 8. The minimum absolute atomic E-state index is 0.0318. The molecule has 39 heavy (non-hydrogen) atoms. The van der Waals surface area contributed by atoms with Crippen LogP contribution in [0.4, 0.5) is 10.1 Å². The van der Waals surface area contributed by atoms with E-state index in [1.807, 2.05) is 19.2 Å². The first-order valence-corrected chi connectivity index (χ1v) is 12.1. The van der Waals surface area contributed by atoms with E-state index in [4.69, 9.17) is 0 Å². The van der Waals surface area contributed by atoms with Gasteiger partial charge in [-0.2, -0.15) is 5.10 Å². The van der Waals surface area contributed by atoms with Crippen LogP contribution in [0.1, 0.15) is 32.5 Å². The first-order chi connectivity index (χ1) is 18.9. The fourth-order valence-corrected chi connectivity index (χ4v) is 4.27. The van der Waals surface area contributed by atoms with E-state index in [9.17, 15) is 24.2 Å². The number of anilines is 1. The Morgan fingerprint density at radius 3 is 2.56 bits per heavy atom. The maximum atomic E-state index is 14.6. The maximum Gasteiger partial charge on any atom is 0.274 e. The predicted octanol–water partition coefficient (Wildman–Crippen LogP) is 2.95. The highest BCUT2D eigenvalue weighted by atomic mass is 19.1. The Labute approximate surface area is 222 Å². The fourth-order valence-electron chi connectivity index (χ4n) is 4.27. The second kappa shape index (κ2) is 10.9. The molecular formula is C28H25FN6O4. The Morgan fingerprint density at radius 2 is 1.85 bits per heavy atom. The number of benzene rings is 2. The molecule has 0 radical (unpaired) electrons. The van der Waals surface area contributed by atoms with Crippen molar-refractivity contribution in [3.8, 4) is 11.3 Å². The Bertz CT molecular complexity index is 1650. The van der Waals surface area contributed by atoms with Crippen molar-refractivity contribution < 1.29 is 24.2 Å². The summed E-state index contributed by atoms with van der Waals surface area (Å²) in [5, 5.41) is 29.5. The molecule has 0 fully saturated rings. The van der Waals surface area contributed by atoms with Crippen molar-refractivity contribution in [3.05, 3.63) is 108 Å². The van der Waals surface area contributed by atoms with Crippen LogP contribution in [0.15, 0.2) is 85.3 Å². The molecule has 0 saturated heterocycles. The number of nitrogens with one attached hydrogen (secondary N) is 2. The molecule has 2 atom stereocenters. The fraction of sp³-hybridized carbons (Fsp3) is 0.143. The van der Waals surface area contributed by atoms with Gasteiger partial charge in [-0.3, -0.25) is 18.7 Å². The van der Waals surface area contributed by atoms with Crippen molar-refractivity contribution in [3.63, 3.8) is 0 Å². The molecule has 0 bridgehead atoms. The lowest BCUT2D eigenvalue weighted by molar-refractivity contribution is 0.0703. The third-order valence-electron chi connectivity index (χ3n) is 6.37. The molecular weight excluding hydrogens is 503 g/mol. The van der Waals surface area contributed by atoms with Gasteiger partial charge in [0.25, 0.3) is 11.8 Å². The highest BCUT2D eigenvalue weighted by Crippen LogP contribution is 2.22. The van der Waals surface area contributed by atoms with Gasteiger partial charge in [-0.1, -0.05) is 30.3 Å². The topological polar surface area (TPSA) is 134 Å². The standard InChI is InChI=1S/C28H25FN6O4/c1-34-23(9-11-31-34)18-10-12-35-24(15-30-25(35)14-18)28(39)32-21-13-19(7-8-20(21)29)27(38)33-22(16-36)26(37)17-5-3-2-4-6-17/h2-15,22,26,36-37H,16H2,1H3,(H,32,39)(H,33,38)/t22-,26-/m1/s1. The Morgan fingerprint density at radius 1 is 1.05 bits per heavy atom. The largest absolute Gasteiger partial charge is 0.394 e. The summed E-state index contributed by atoms with van der Waals surface area (Å²) >= 11 is 0. The lowest BCUT2D eigenvalue weighted by Crippen LogP contribution is -2.42. The van der Waals surface area contributed by atoms with Gasteiger partial charge in [0.05, 0.1) is 30.2 Å². The molecule has 0 aliphatic heterocycles. The monoisotopic (exact) mass is 528 g/mol. The molecule has 0 aliphatic carbocycles. The SMILES string of the molecule is Cn1nccc1-c1ccn2c(C(=O)Nc3cc(C(=O)N[C@H](CO)[C@H](O)c4ccccc4)ccc3F)cnc2c1. The van der Waals surface area contributed by atoms with E-state index in [1.54, 1.807) is 57.9 Å². The first-order valence-electron chi connectivity index (χ1n) is 12.1. The number of carbonyl (C=O) groups excluding carboxylic acids is 2. The van der Waals surface area contributed by atoms with Gasteiger partial charge in [-0.05, 0) is 42.0 Å². The van der Waals surface area contributed by atoms with E-state index in [0.717, 1.165) is 17.3 Å². The lowest BCUT2D eigenvalue weighted by atomic mass is 10.0. The molecule has 0 aliphatic rings. The quantitative estimate of drug-likeness (QED) is 0.245. The third-order valence-corrected chi connectivity index (χ3v) is 6.37. The summed E-state index contributed by atoms with van der Waals surface area (Å²) in [7, 11) is 1.82. The van der Waals surface area contributed by atoms with Crippen LogP contribution in [-0.2, 0) is 7.05 Å². The zero-order valence-corrected chi connectivity index (χ0v) is 20.8. The summed E-state index contributed by atoms with van der Waals surface area (Å²) in [6, 6.07) is 16.6. The Balaban J connectivity index is 1.33. The van der Waals surface area contributed by atoms with Crippen molar-refractivity contribution >= 4 is 23.1 Å². The van der Waals surface area contributed by atoms with Gasteiger partial charge in [0.1, 0.15) is 23.3 Å². The van der Waals surface area contributed by atoms with Gasteiger partial charge in [0.15, 0.2) is 0 Å². The van der Waals surface area contributed by atoms with Crippen molar-refractivity contribution in [1.82, 2.24) is 24.5 Å². The number of amides is 2. The molecule has 0 unspecified atom stereocenters. The van der Waals surface area contributed by atoms with Gasteiger partial charge >= 0.3 is 0 Å². The number of pyridine rings is 1. The van der Waals surface area contributed by atoms with Crippen LogP contribution in [-0.4, -0.2) is 53.8 Å². The number of carbonyl (C=O) groups is 2. The van der Waals surface area contributed by atoms with Crippen LogP contribution in [0.25, 0.3) is 16.9 Å². The van der Waals surface area contributed by atoms with Gasteiger partial charge in [-0.15, -0.1) is 0 Å². The number of aryl methyl sites for hydroxylation is 1. The van der Waals surface area contributed by atoms with Gasteiger partial charge in [0.2, 0.25) is 0 Å². The van der Waals surface area contributed by atoms with Crippen molar-refractivity contribution in [2.45, 2.75) is 12.1 Å². The molecule has 10 nitrogen and oxygen atoms in total. The molecule has 3 heterocycles. The smallest absolute Gasteiger partial charge is 0.274 e. The molecule has 11 heteroatoms. The summed E-state index contributed by atoms with van der Waals surface area (Å²) < 4.78 is 17.9. The molecule has 5 rings (SSSR count). The van der Waals surface area contributed by atoms with Crippen LogP contribution >= 0.6 is 0 Å². The molecule has 3 aromatic heterocycles. The number of fused-ring (bicyclic) bond motifs is 1. The van der Waals surface area contributed by atoms with Crippen LogP contribution in [0.5, 0.6) is 0 Å². The predicted molar refractivity (Wildman–Crippen MR) is 141 cm³/mol. The van der Waals surface area contributed by atoms with Gasteiger partial charge < -0.3 is 20.8 Å². The average Bonchev–Trinajstić information content (AvgIpc) is 3.58. The molecule has 198 valence electrons. The van der Waals surface area contributed by atoms with Gasteiger partial charge in [0, 0.05) is 30.6 Å². The van der Waals surface area contributed by atoms with E-state index >= 15 is 0 Å². The van der Waals surface area contributed by atoms with E-state index in [-0.39, 0.29) is 16.9 Å². The van der Waals surface area contributed by atoms with Gasteiger partial charge in [-0.25, -0.2) is 9.37 Å². The number of aliphatic hydroxyl groups excluding tert-OH is 2. The lowest BCUT2D eigenvalue weighted by Gasteiger charge is -2.22. The Kier molecular flexibility index (Phi) is 7.17. The number of hydrogen-bond acceptors (Lipinski definition) is 6. The highest BCUT2D eigenvalue weighted by molar-refractivity contribution is 6.04. The minimum atomic E-state index is -1.16. The molecule has 4 N–H and O–H groups in total. The summed E-state index contributed by atoms with van der Waals surface area (Å²) in [4.78, 5) is 30.2. The second-order valence-electron chi connectivity index (χ2n) is 8.89. The average molecular weight is 529 g/mol. The van der Waals surface area contributed by atoms with Crippen LogP contribution in [0.3, 0.4) is 0 Å². The Hall–Kier alpha value is -4.87. The highest BCUT2D eigenvalue weighted by Gasteiger charge is 2.23. The number of nitrogens with zero attached hydrogens (tertiary/aromatic N) is 4. The normalized spacial score (nSPS) is 12.7. The molecule has 2 amide bonds. The van der Waals surface area contributed by atoms with Crippen LogP contribution < -0.4 is 10.6 Å². The zero-order chi connectivity index (χ0) is 27.5. The number of aliphatic hydroxyl groups is 2. The van der Waals surface area contributed by atoms with Crippen LogP contribution in [0, 0.1) is 5.82 Å². The third kappa shape index (κ3) is 5.26. The molecule has 5 aromatic rings. The number of halogens is 1. The zero-order valence-electron chi connectivity index (χ0n) is 20.8. The van der Waals surface area contributed by atoms with E-state index in [2.05, 4.69) is 20.7 Å². The summed E-state index contributed by atoms with van der Waals surface area (Å²) in [5.41, 5.74) is 2.76. The summed E-state index contributed by atoms with van der Waals surface area (Å²) in [6.45, 7) is -0.525. The van der Waals surface area contributed by atoms with E-state index < -0.39 is 36.4 Å². The number of hydrogen-bond donors (Lipinski definition) is 4. The number of imidazole rings is 1. The van der Waals surface area contributed by atoms with Crippen molar-refractivity contribution in [1.29, 1.82) is 0 Å². The maximum absolute atomic E-state index is 14.6. The van der Waals surface area contributed by atoms with Crippen LogP contribution in [0.2, 0.25) is 0 Å². The summed E-state index contributed by atoms with van der Waals surface area (Å²) in [6.07, 6.45) is 3.59. The molecule has 2 aromatic carbocycles. The second-order valence-corrected chi connectivity index (χ2v) is 8.89.